The zero-order chi connectivity index (χ0) is 10.7. The summed E-state index contributed by atoms with van der Waals surface area (Å²) >= 11 is 5.94. The predicted octanol–water partition coefficient (Wildman–Crippen LogP) is 1.60. The van der Waals surface area contributed by atoms with Crippen molar-refractivity contribution in [2.24, 2.45) is 0 Å². The first-order valence-electron chi connectivity index (χ1n) is 4.14. The van der Waals surface area contributed by atoms with Crippen molar-refractivity contribution in [2.75, 3.05) is 7.11 Å². The van der Waals surface area contributed by atoms with Crippen LogP contribution in [0.4, 0.5) is 0 Å². The largest absolute Gasteiger partial charge is 0.479 e. The van der Waals surface area contributed by atoms with Crippen LogP contribution in [0, 0.1) is 0 Å². The molecule has 0 N–H and O–H groups in total. The van der Waals surface area contributed by atoms with Crippen molar-refractivity contribution in [1.29, 1.82) is 0 Å². The van der Waals surface area contributed by atoms with Crippen LogP contribution in [0.5, 0.6) is 5.88 Å². The molecule has 0 spiro atoms. The SMILES string of the molecule is COc1nccnc1-c1ncncc1Cl. The summed E-state index contributed by atoms with van der Waals surface area (Å²) in [5, 5.41) is 0.413. The van der Waals surface area contributed by atoms with Gasteiger partial charge in [0, 0.05) is 18.6 Å². The Balaban J connectivity index is 2.59. The van der Waals surface area contributed by atoms with Crippen LogP contribution in [0.25, 0.3) is 11.4 Å². The van der Waals surface area contributed by atoms with Gasteiger partial charge in [0.1, 0.15) is 12.0 Å². The minimum atomic E-state index is 0.387. The van der Waals surface area contributed by atoms with E-state index in [2.05, 4.69) is 19.9 Å². The van der Waals surface area contributed by atoms with Gasteiger partial charge < -0.3 is 4.74 Å². The topological polar surface area (TPSA) is 60.8 Å². The highest BCUT2D eigenvalue weighted by Gasteiger charge is 2.12. The number of rotatable bonds is 2. The summed E-state index contributed by atoms with van der Waals surface area (Å²) < 4.78 is 5.06. The van der Waals surface area contributed by atoms with Gasteiger partial charge in [0.25, 0.3) is 0 Å². The van der Waals surface area contributed by atoms with E-state index in [9.17, 15) is 0 Å². The Kier molecular flexibility index (Phi) is 2.73. The fourth-order valence-corrected chi connectivity index (χ4v) is 1.32. The van der Waals surface area contributed by atoms with Crippen LogP contribution >= 0.6 is 11.6 Å². The molecule has 2 aromatic rings. The van der Waals surface area contributed by atoms with E-state index >= 15 is 0 Å². The Morgan fingerprint density at radius 2 is 1.93 bits per heavy atom. The number of nitrogens with zero attached hydrogens (tertiary/aromatic N) is 4. The second-order valence-electron chi connectivity index (χ2n) is 2.63. The molecule has 2 rings (SSSR count). The first-order chi connectivity index (χ1) is 7.33. The molecule has 0 fully saturated rings. The van der Waals surface area contributed by atoms with Crippen LogP contribution in [0.1, 0.15) is 0 Å². The van der Waals surface area contributed by atoms with E-state index in [1.54, 1.807) is 6.20 Å². The summed E-state index contributed by atoms with van der Waals surface area (Å²) in [5.41, 5.74) is 1.02. The Bertz CT molecular complexity index is 477. The number of hydrogen-bond donors (Lipinski definition) is 0. The molecule has 0 saturated heterocycles. The van der Waals surface area contributed by atoms with Crippen LogP contribution in [-0.4, -0.2) is 27.0 Å². The first kappa shape index (κ1) is 9.79. The Morgan fingerprint density at radius 3 is 2.67 bits per heavy atom. The van der Waals surface area contributed by atoms with Crippen molar-refractivity contribution in [1.82, 2.24) is 19.9 Å². The van der Waals surface area contributed by atoms with E-state index in [-0.39, 0.29) is 0 Å². The van der Waals surface area contributed by atoms with E-state index in [4.69, 9.17) is 16.3 Å². The van der Waals surface area contributed by atoms with E-state index in [0.29, 0.717) is 22.3 Å². The second kappa shape index (κ2) is 4.18. The van der Waals surface area contributed by atoms with Gasteiger partial charge in [-0.05, 0) is 0 Å². The summed E-state index contributed by atoms with van der Waals surface area (Å²) in [7, 11) is 1.52. The summed E-state index contributed by atoms with van der Waals surface area (Å²) in [4.78, 5) is 16.0. The minimum Gasteiger partial charge on any atom is -0.479 e. The zero-order valence-corrected chi connectivity index (χ0v) is 8.64. The smallest absolute Gasteiger partial charge is 0.242 e. The fourth-order valence-electron chi connectivity index (χ4n) is 1.12. The average Bonchev–Trinajstić information content (AvgIpc) is 2.30. The van der Waals surface area contributed by atoms with Crippen molar-refractivity contribution in [3.8, 4) is 17.3 Å². The van der Waals surface area contributed by atoms with Crippen molar-refractivity contribution in [2.45, 2.75) is 0 Å². The van der Waals surface area contributed by atoms with E-state index in [1.165, 1.54) is 25.8 Å². The Labute approximate surface area is 91.1 Å². The lowest BCUT2D eigenvalue weighted by Crippen LogP contribution is -1.96. The quantitative estimate of drug-likeness (QED) is 0.772. The standard InChI is InChI=1S/C9H7ClN4O/c1-15-9-8(12-2-3-13-9)7-6(10)4-11-5-14-7/h2-5H,1H3. The summed E-state index contributed by atoms with van der Waals surface area (Å²) in [5.74, 6) is 0.387. The van der Waals surface area contributed by atoms with Crippen molar-refractivity contribution in [3.63, 3.8) is 0 Å². The molecule has 0 radical (unpaired) electrons. The maximum atomic E-state index is 5.94. The number of methoxy groups -OCH3 is 1. The van der Waals surface area contributed by atoms with Gasteiger partial charge in [0.15, 0.2) is 5.69 Å². The fraction of sp³-hybridized carbons (Fsp3) is 0.111. The number of halogens is 1. The number of ether oxygens (including phenoxy) is 1. The van der Waals surface area contributed by atoms with Crippen molar-refractivity contribution >= 4 is 11.6 Å². The van der Waals surface area contributed by atoms with Crippen LogP contribution < -0.4 is 4.74 Å². The van der Waals surface area contributed by atoms with Crippen molar-refractivity contribution in [3.05, 3.63) is 29.9 Å². The van der Waals surface area contributed by atoms with Gasteiger partial charge in [-0.2, -0.15) is 0 Å². The van der Waals surface area contributed by atoms with Crippen LogP contribution in [0.3, 0.4) is 0 Å². The van der Waals surface area contributed by atoms with Gasteiger partial charge >= 0.3 is 0 Å². The molecule has 0 atom stereocenters. The van der Waals surface area contributed by atoms with Gasteiger partial charge in [-0.3, -0.25) is 0 Å². The number of aromatic nitrogens is 4. The lowest BCUT2D eigenvalue weighted by molar-refractivity contribution is 0.397. The lowest BCUT2D eigenvalue weighted by Gasteiger charge is -2.05. The van der Waals surface area contributed by atoms with Crippen molar-refractivity contribution < 1.29 is 4.74 Å². The van der Waals surface area contributed by atoms with Gasteiger partial charge in [0.05, 0.1) is 12.1 Å². The van der Waals surface area contributed by atoms with E-state index in [0.717, 1.165) is 0 Å². The van der Waals surface area contributed by atoms with Crippen LogP contribution in [0.15, 0.2) is 24.9 Å². The third kappa shape index (κ3) is 1.87. The lowest BCUT2D eigenvalue weighted by atomic mass is 10.3. The van der Waals surface area contributed by atoms with Crippen LogP contribution in [0.2, 0.25) is 5.02 Å². The molecule has 0 aliphatic heterocycles. The van der Waals surface area contributed by atoms with E-state index in [1.807, 2.05) is 0 Å². The molecule has 5 nitrogen and oxygen atoms in total. The molecule has 76 valence electrons. The normalized spacial score (nSPS) is 10.0. The van der Waals surface area contributed by atoms with Crippen LogP contribution in [-0.2, 0) is 0 Å². The highest BCUT2D eigenvalue weighted by molar-refractivity contribution is 6.32. The highest BCUT2D eigenvalue weighted by atomic mass is 35.5. The molecular weight excluding hydrogens is 216 g/mol. The summed E-state index contributed by atoms with van der Waals surface area (Å²) in [6.07, 6.45) is 5.99. The summed E-state index contributed by atoms with van der Waals surface area (Å²) in [6, 6.07) is 0. The zero-order valence-electron chi connectivity index (χ0n) is 7.88. The molecule has 0 aliphatic rings. The third-order valence-electron chi connectivity index (χ3n) is 1.75. The van der Waals surface area contributed by atoms with Gasteiger partial charge in [0.2, 0.25) is 5.88 Å². The van der Waals surface area contributed by atoms with Gasteiger partial charge in [-0.25, -0.2) is 19.9 Å². The molecular formula is C9H7ClN4O. The molecule has 6 heteroatoms. The second-order valence-corrected chi connectivity index (χ2v) is 3.04. The maximum absolute atomic E-state index is 5.94. The predicted molar refractivity (Wildman–Crippen MR) is 54.6 cm³/mol. The van der Waals surface area contributed by atoms with E-state index < -0.39 is 0 Å². The molecule has 0 bridgehead atoms. The highest BCUT2D eigenvalue weighted by Crippen LogP contribution is 2.28. The Hall–Kier alpha value is -1.75. The molecule has 0 aliphatic carbocycles. The molecule has 2 heterocycles. The first-order valence-corrected chi connectivity index (χ1v) is 4.51. The molecule has 15 heavy (non-hydrogen) atoms. The maximum Gasteiger partial charge on any atom is 0.242 e. The molecule has 0 unspecified atom stereocenters. The van der Waals surface area contributed by atoms with Gasteiger partial charge in [-0.1, -0.05) is 11.6 Å². The molecule has 2 aromatic heterocycles. The average molecular weight is 223 g/mol. The third-order valence-corrected chi connectivity index (χ3v) is 2.03. The summed E-state index contributed by atoms with van der Waals surface area (Å²) in [6.45, 7) is 0. The minimum absolute atomic E-state index is 0.387. The number of hydrogen-bond acceptors (Lipinski definition) is 5. The Morgan fingerprint density at radius 1 is 1.13 bits per heavy atom. The molecule has 0 saturated carbocycles. The van der Waals surface area contributed by atoms with Gasteiger partial charge in [-0.15, -0.1) is 0 Å². The molecule has 0 aromatic carbocycles. The molecule has 0 amide bonds. The monoisotopic (exact) mass is 222 g/mol.